The molecule has 2 saturated carbocycles. The van der Waals surface area contributed by atoms with Gasteiger partial charge in [-0.15, -0.1) is 0 Å². The Morgan fingerprint density at radius 3 is 2.59 bits per heavy atom. The summed E-state index contributed by atoms with van der Waals surface area (Å²) in [6, 6.07) is 10.2. The van der Waals surface area contributed by atoms with Crippen LogP contribution < -0.4 is 0 Å². The highest BCUT2D eigenvalue weighted by Gasteiger charge is 2.38. The topological polar surface area (TPSA) is 80.1 Å². The van der Waals surface area contributed by atoms with E-state index in [1.807, 2.05) is 12.1 Å². The first kappa shape index (κ1) is 20.1. The normalized spacial score (nSPS) is 21.4. The second-order valence-corrected chi connectivity index (χ2v) is 9.85. The summed E-state index contributed by atoms with van der Waals surface area (Å²) >= 11 is 0. The maximum Gasteiger partial charge on any atom is 0.264 e. The van der Waals surface area contributed by atoms with Gasteiger partial charge in [0, 0.05) is 24.6 Å². The maximum absolute atomic E-state index is 13.2. The van der Waals surface area contributed by atoms with Crippen LogP contribution in [0.1, 0.15) is 54.0 Å². The van der Waals surface area contributed by atoms with Crippen LogP contribution in [0.4, 0.5) is 0 Å². The Labute approximate surface area is 171 Å². The predicted octanol–water partition coefficient (Wildman–Crippen LogP) is 3.39. The lowest BCUT2D eigenvalue weighted by atomic mass is 10.2. The molecule has 1 heterocycles. The summed E-state index contributed by atoms with van der Waals surface area (Å²) in [5.74, 6) is 2.72. The Balaban J connectivity index is 1.55. The van der Waals surface area contributed by atoms with Crippen LogP contribution in [0.3, 0.4) is 0 Å². The van der Waals surface area contributed by atoms with Crippen molar-refractivity contribution in [3.63, 3.8) is 0 Å². The molecule has 0 spiro atoms. The molecule has 1 aromatic heterocycles. The quantitative estimate of drug-likeness (QED) is 0.614. The number of benzene rings is 1. The van der Waals surface area contributed by atoms with E-state index in [4.69, 9.17) is 9.25 Å². The molecular weight excluding hydrogens is 392 g/mol. The lowest BCUT2D eigenvalue weighted by Gasteiger charge is -2.22. The van der Waals surface area contributed by atoms with Gasteiger partial charge in [0.25, 0.3) is 15.9 Å². The van der Waals surface area contributed by atoms with E-state index in [0.29, 0.717) is 23.9 Å². The second-order valence-electron chi connectivity index (χ2n) is 7.91. The van der Waals surface area contributed by atoms with Crippen molar-refractivity contribution in [1.82, 2.24) is 9.37 Å². The lowest BCUT2D eigenvalue weighted by molar-refractivity contribution is -0.0258. The number of hydroxylamine groups is 1. The van der Waals surface area contributed by atoms with Gasteiger partial charge < -0.3 is 9.32 Å². The monoisotopic (exact) mass is 418 g/mol. The van der Waals surface area contributed by atoms with Gasteiger partial charge in [0.2, 0.25) is 0 Å². The van der Waals surface area contributed by atoms with Crippen LogP contribution in [0.5, 0.6) is 0 Å². The Hall–Kier alpha value is -2.16. The average molecular weight is 419 g/mol. The van der Waals surface area contributed by atoms with E-state index in [-0.39, 0.29) is 16.8 Å². The van der Waals surface area contributed by atoms with E-state index in [1.54, 1.807) is 17.0 Å². The minimum absolute atomic E-state index is 0.0199. The van der Waals surface area contributed by atoms with Crippen molar-refractivity contribution in [1.29, 1.82) is 0 Å². The molecule has 0 saturated heterocycles. The van der Waals surface area contributed by atoms with Gasteiger partial charge in [-0.05, 0) is 55.5 Å². The molecule has 0 N–H and O–H groups in total. The van der Waals surface area contributed by atoms with Crippen LogP contribution in [0.2, 0.25) is 0 Å². The standard InChI is InChI=1S/C21H26N2O5S/c1-14-11-19(14)20-10-9-17(28-20)13-23(16-7-8-16)21(24)15-5-4-6-18(12-15)29(25,26)22(2)27-3/h4-6,9-10,12,14,16,19H,7-8,11,13H2,1-3H3. The van der Waals surface area contributed by atoms with E-state index in [0.717, 1.165) is 35.3 Å². The van der Waals surface area contributed by atoms with Crippen LogP contribution in [0.25, 0.3) is 0 Å². The molecule has 4 rings (SSSR count). The van der Waals surface area contributed by atoms with Crippen molar-refractivity contribution in [2.75, 3.05) is 14.2 Å². The third-order valence-corrected chi connectivity index (χ3v) is 7.38. The smallest absolute Gasteiger partial charge is 0.264 e. The Morgan fingerprint density at radius 2 is 1.97 bits per heavy atom. The summed E-state index contributed by atoms with van der Waals surface area (Å²) < 4.78 is 31.8. The first-order valence-electron chi connectivity index (χ1n) is 9.84. The van der Waals surface area contributed by atoms with Crippen molar-refractivity contribution in [2.24, 2.45) is 5.92 Å². The third-order valence-electron chi connectivity index (χ3n) is 5.71. The number of amides is 1. The van der Waals surface area contributed by atoms with E-state index >= 15 is 0 Å². The van der Waals surface area contributed by atoms with Crippen molar-refractivity contribution < 1.29 is 22.5 Å². The van der Waals surface area contributed by atoms with E-state index in [2.05, 4.69) is 6.92 Å². The van der Waals surface area contributed by atoms with E-state index in [1.165, 1.54) is 26.3 Å². The van der Waals surface area contributed by atoms with E-state index < -0.39 is 10.0 Å². The number of hydrogen-bond acceptors (Lipinski definition) is 5. The Morgan fingerprint density at radius 1 is 1.24 bits per heavy atom. The number of sulfonamides is 1. The summed E-state index contributed by atoms with van der Waals surface area (Å²) in [6.45, 7) is 2.59. The second kappa shape index (κ2) is 7.59. The van der Waals surface area contributed by atoms with Crippen molar-refractivity contribution >= 4 is 15.9 Å². The zero-order valence-electron chi connectivity index (χ0n) is 16.9. The molecule has 156 valence electrons. The number of carbonyl (C=O) groups is 1. The lowest BCUT2D eigenvalue weighted by Crippen LogP contribution is -2.33. The molecular formula is C21H26N2O5S. The molecule has 2 unspecified atom stereocenters. The SMILES string of the molecule is CON(C)S(=O)(=O)c1cccc(C(=O)N(Cc2ccc(C3CC3C)o2)C2CC2)c1. The summed E-state index contributed by atoms with van der Waals surface area (Å²) in [7, 11) is -1.22. The Kier molecular flexibility index (Phi) is 5.27. The highest BCUT2D eigenvalue weighted by Crippen LogP contribution is 2.47. The highest BCUT2D eigenvalue weighted by molar-refractivity contribution is 7.89. The largest absolute Gasteiger partial charge is 0.464 e. The number of rotatable bonds is 8. The predicted molar refractivity (Wildman–Crippen MR) is 107 cm³/mol. The number of carbonyl (C=O) groups excluding carboxylic acids is 1. The number of furan rings is 1. The zero-order chi connectivity index (χ0) is 20.8. The molecule has 0 bridgehead atoms. The fourth-order valence-corrected chi connectivity index (χ4v) is 4.54. The minimum Gasteiger partial charge on any atom is -0.464 e. The first-order chi connectivity index (χ1) is 13.8. The number of hydrogen-bond donors (Lipinski definition) is 0. The maximum atomic E-state index is 13.2. The van der Waals surface area contributed by atoms with Gasteiger partial charge in [-0.3, -0.25) is 9.63 Å². The van der Waals surface area contributed by atoms with Crippen molar-refractivity contribution in [2.45, 2.75) is 49.6 Å². The fraction of sp³-hybridized carbons (Fsp3) is 0.476. The van der Waals surface area contributed by atoms with Gasteiger partial charge >= 0.3 is 0 Å². The molecule has 2 aliphatic carbocycles. The minimum atomic E-state index is -3.82. The van der Waals surface area contributed by atoms with E-state index in [9.17, 15) is 13.2 Å². The van der Waals surface area contributed by atoms with Crippen LogP contribution in [0, 0.1) is 5.92 Å². The van der Waals surface area contributed by atoms with Crippen molar-refractivity contribution in [3.8, 4) is 0 Å². The van der Waals surface area contributed by atoms with Gasteiger partial charge in [0.15, 0.2) is 0 Å². The molecule has 8 heteroatoms. The van der Waals surface area contributed by atoms with Gasteiger partial charge in [-0.1, -0.05) is 17.5 Å². The number of nitrogens with zero attached hydrogens (tertiary/aromatic N) is 2. The summed E-state index contributed by atoms with van der Waals surface area (Å²) in [5.41, 5.74) is 0.338. The Bertz CT molecular complexity index is 1010. The molecule has 29 heavy (non-hydrogen) atoms. The third kappa shape index (κ3) is 4.10. The van der Waals surface area contributed by atoms with Gasteiger partial charge in [-0.2, -0.15) is 0 Å². The molecule has 7 nitrogen and oxygen atoms in total. The molecule has 2 aromatic rings. The first-order valence-corrected chi connectivity index (χ1v) is 11.3. The highest BCUT2D eigenvalue weighted by atomic mass is 32.2. The molecule has 2 fully saturated rings. The molecule has 2 atom stereocenters. The van der Waals surface area contributed by atoms with Crippen LogP contribution in [-0.4, -0.2) is 43.9 Å². The van der Waals surface area contributed by atoms with Gasteiger partial charge in [-0.25, -0.2) is 8.42 Å². The summed E-state index contributed by atoms with van der Waals surface area (Å²) in [5, 5.41) is 0. The zero-order valence-corrected chi connectivity index (χ0v) is 17.7. The molecule has 0 aliphatic heterocycles. The molecule has 1 aromatic carbocycles. The summed E-state index contributed by atoms with van der Waals surface area (Å²) in [4.78, 5) is 19.8. The van der Waals surface area contributed by atoms with Crippen LogP contribution >= 0.6 is 0 Å². The average Bonchev–Trinajstić information content (AvgIpc) is 3.64. The van der Waals surface area contributed by atoms with Crippen LogP contribution in [0.15, 0.2) is 45.7 Å². The van der Waals surface area contributed by atoms with Gasteiger partial charge in [0.05, 0.1) is 18.6 Å². The molecule has 2 aliphatic rings. The van der Waals surface area contributed by atoms with Crippen LogP contribution in [-0.2, 0) is 21.4 Å². The van der Waals surface area contributed by atoms with Gasteiger partial charge in [0.1, 0.15) is 11.5 Å². The molecule has 0 radical (unpaired) electrons. The molecule has 1 amide bonds. The van der Waals surface area contributed by atoms with Crippen molar-refractivity contribution in [3.05, 3.63) is 53.5 Å². The fourth-order valence-electron chi connectivity index (χ4n) is 3.52. The summed E-state index contributed by atoms with van der Waals surface area (Å²) in [6.07, 6.45) is 3.04.